The van der Waals surface area contributed by atoms with E-state index in [0.717, 1.165) is 25.5 Å². The van der Waals surface area contributed by atoms with Gasteiger partial charge in [0.1, 0.15) is 5.82 Å². The first kappa shape index (κ1) is 17.6. The lowest BCUT2D eigenvalue weighted by Gasteiger charge is -2.37. The highest BCUT2D eigenvalue weighted by Crippen LogP contribution is 2.13. The van der Waals surface area contributed by atoms with Gasteiger partial charge in [-0.15, -0.1) is 0 Å². The Labute approximate surface area is 149 Å². The van der Waals surface area contributed by atoms with Gasteiger partial charge in [-0.2, -0.15) is 5.10 Å². The van der Waals surface area contributed by atoms with E-state index < -0.39 is 0 Å². The summed E-state index contributed by atoms with van der Waals surface area (Å²) >= 11 is 0. The van der Waals surface area contributed by atoms with Gasteiger partial charge in [0, 0.05) is 31.7 Å². The predicted octanol–water partition coefficient (Wildman–Crippen LogP) is 1.81. The van der Waals surface area contributed by atoms with Crippen LogP contribution in [0.4, 0.5) is 5.82 Å². The Balaban J connectivity index is 1.60. The van der Waals surface area contributed by atoms with Crippen molar-refractivity contribution in [3.05, 3.63) is 47.7 Å². The van der Waals surface area contributed by atoms with E-state index in [1.54, 1.807) is 6.20 Å². The van der Waals surface area contributed by atoms with Crippen LogP contribution < -0.4 is 5.32 Å². The molecule has 1 aliphatic rings. The number of hydrogen-bond acceptors (Lipinski definition) is 4. The summed E-state index contributed by atoms with van der Waals surface area (Å²) in [4.78, 5) is 17.0. The second kappa shape index (κ2) is 7.80. The zero-order chi connectivity index (χ0) is 17.8. The molecule has 6 heteroatoms. The summed E-state index contributed by atoms with van der Waals surface area (Å²) in [6, 6.07) is 10.6. The first-order chi connectivity index (χ1) is 12.0. The number of carbonyl (C=O) groups excluding carboxylic acids is 1. The Bertz CT molecular complexity index is 726. The predicted molar refractivity (Wildman–Crippen MR) is 99.7 cm³/mol. The molecule has 134 valence electrons. The average molecular weight is 341 g/mol. The second-order valence-corrected chi connectivity index (χ2v) is 6.99. The van der Waals surface area contributed by atoms with Crippen LogP contribution in [0.1, 0.15) is 18.1 Å². The fourth-order valence-electron chi connectivity index (χ4n) is 3.33. The number of carbonyl (C=O) groups is 1. The number of benzene rings is 1. The van der Waals surface area contributed by atoms with Gasteiger partial charge in [-0.1, -0.05) is 29.8 Å². The molecule has 1 saturated heterocycles. The lowest BCUT2D eigenvalue weighted by Crippen LogP contribution is -2.52. The molecule has 0 bridgehead atoms. The molecule has 6 nitrogen and oxygen atoms in total. The van der Waals surface area contributed by atoms with Gasteiger partial charge in [0.25, 0.3) is 0 Å². The van der Waals surface area contributed by atoms with Gasteiger partial charge in [0.15, 0.2) is 0 Å². The average Bonchev–Trinajstić information content (AvgIpc) is 2.97. The molecule has 1 atom stereocenters. The smallest absolute Gasteiger partial charge is 0.239 e. The molecule has 1 unspecified atom stereocenters. The van der Waals surface area contributed by atoms with Crippen molar-refractivity contribution < 1.29 is 4.79 Å². The first-order valence-corrected chi connectivity index (χ1v) is 8.81. The maximum atomic E-state index is 12.5. The fraction of sp³-hybridized carbons (Fsp3) is 0.474. The third kappa shape index (κ3) is 4.67. The molecule has 0 radical (unpaired) electrons. The Morgan fingerprint density at radius 1 is 1.32 bits per heavy atom. The molecule has 2 heterocycles. The SMILES string of the molecule is Cc1cccc(Cn2nccc2NC(=O)CN2CCN(C)CC2C)c1. The molecule has 1 fully saturated rings. The maximum Gasteiger partial charge on any atom is 0.239 e. The third-order valence-electron chi connectivity index (χ3n) is 4.71. The molecule has 0 aliphatic carbocycles. The van der Waals surface area contributed by atoms with Crippen LogP contribution in [-0.4, -0.2) is 64.8 Å². The van der Waals surface area contributed by atoms with Crippen molar-refractivity contribution in [3.8, 4) is 0 Å². The van der Waals surface area contributed by atoms with Crippen LogP contribution in [0.5, 0.6) is 0 Å². The summed E-state index contributed by atoms with van der Waals surface area (Å²) in [5.74, 6) is 0.760. The van der Waals surface area contributed by atoms with E-state index in [1.165, 1.54) is 11.1 Å². The van der Waals surface area contributed by atoms with Gasteiger partial charge in [-0.25, -0.2) is 4.68 Å². The number of aromatic nitrogens is 2. The van der Waals surface area contributed by atoms with Crippen LogP contribution in [0.2, 0.25) is 0 Å². The third-order valence-corrected chi connectivity index (χ3v) is 4.71. The highest BCUT2D eigenvalue weighted by atomic mass is 16.2. The number of aryl methyl sites for hydroxylation is 1. The second-order valence-electron chi connectivity index (χ2n) is 6.99. The summed E-state index contributed by atoms with van der Waals surface area (Å²) in [5.41, 5.74) is 2.39. The minimum Gasteiger partial charge on any atom is -0.310 e. The van der Waals surface area contributed by atoms with Crippen molar-refractivity contribution in [3.63, 3.8) is 0 Å². The summed E-state index contributed by atoms with van der Waals surface area (Å²) in [5, 5.41) is 7.36. The molecule has 25 heavy (non-hydrogen) atoms. The van der Waals surface area contributed by atoms with Gasteiger partial charge in [0.05, 0.1) is 19.3 Å². The number of rotatable bonds is 5. The van der Waals surface area contributed by atoms with Crippen molar-refractivity contribution >= 4 is 11.7 Å². The number of hydrogen-bond donors (Lipinski definition) is 1. The Morgan fingerprint density at radius 3 is 2.92 bits per heavy atom. The van der Waals surface area contributed by atoms with Crippen LogP contribution in [0, 0.1) is 6.92 Å². The van der Waals surface area contributed by atoms with Crippen LogP contribution in [0.15, 0.2) is 36.5 Å². The van der Waals surface area contributed by atoms with Crippen molar-refractivity contribution in [2.45, 2.75) is 26.4 Å². The topological polar surface area (TPSA) is 53.4 Å². The molecule has 2 aromatic rings. The zero-order valence-electron chi connectivity index (χ0n) is 15.3. The monoisotopic (exact) mass is 341 g/mol. The van der Waals surface area contributed by atoms with E-state index in [2.05, 4.69) is 59.3 Å². The Hall–Kier alpha value is -2.18. The Morgan fingerprint density at radius 2 is 2.16 bits per heavy atom. The van der Waals surface area contributed by atoms with Crippen LogP contribution in [0.3, 0.4) is 0 Å². The van der Waals surface area contributed by atoms with Gasteiger partial charge < -0.3 is 10.2 Å². The highest BCUT2D eigenvalue weighted by Gasteiger charge is 2.23. The number of amides is 1. The lowest BCUT2D eigenvalue weighted by atomic mass is 10.1. The Kier molecular flexibility index (Phi) is 5.50. The largest absolute Gasteiger partial charge is 0.310 e. The van der Waals surface area contributed by atoms with E-state index in [1.807, 2.05) is 16.8 Å². The summed E-state index contributed by atoms with van der Waals surface area (Å²) in [6.07, 6.45) is 1.73. The fourth-order valence-corrected chi connectivity index (χ4v) is 3.33. The van der Waals surface area contributed by atoms with E-state index in [9.17, 15) is 4.79 Å². The molecular formula is C19H27N5O. The van der Waals surface area contributed by atoms with Crippen molar-refractivity contribution in [2.75, 3.05) is 38.5 Å². The molecule has 0 spiro atoms. The molecule has 3 rings (SSSR count). The molecule has 1 aliphatic heterocycles. The molecule has 0 saturated carbocycles. The molecular weight excluding hydrogens is 314 g/mol. The van der Waals surface area contributed by atoms with Gasteiger partial charge in [0.2, 0.25) is 5.91 Å². The minimum absolute atomic E-state index is 0.0161. The van der Waals surface area contributed by atoms with Crippen molar-refractivity contribution in [1.82, 2.24) is 19.6 Å². The van der Waals surface area contributed by atoms with E-state index in [-0.39, 0.29) is 5.91 Å². The van der Waals surface area contributed by atoms with Crippen LogP contribution in [0.25, 0.3) is 0 Å². The number of piperazine rings is 1. The lowest BCUT2D eigenvalue weighted by molar-refractivity contribution is -0.118. The normalized spacial score (nSPS) is 19.1. The quantitative estimate of drug-likeness (QED) is 0.901. The van der Waals surface area contributed by atoms with E-state index >= 15 is 0 Å². The molecule has 1 amide bonds. The highest BCUT2D eigenvalue weighted by molar-refractivity contribution is 5.91. The molecule has 1 aromatic heterocycles. The van der Waals surface area contributed by atoms with Gasteiger partial charge in [-0.3, -0.25) is 9.69 Å². The summed E-state index contributed by atoms with van der Waals surface area (Å²) in [6.45, 7) is 8.24. The standard InChI is InChI=1S/C19H27N5O/c1-15-5-4-6-17(11-15)13-24-18(7-8-20-24)21-19(25)14-23-10-9-22(3)12-16(23)2/h4-8,11,16H,9-10,12-14H2,1-3H3,(H,21,25). The maximum absolute atomic E-state index is 12.5. The van der Waals surface area contributed by atoms with Crippen molar-refractivity contribution in [1.29, 1.82) is 0 Å². The number of likely N-dealkylation sites (N-methyl/N-ethyl adjacent to an activating group) is 1. The minimum atomic E-state index is 0.0161. The number of nitrogens with zero attached hydrogens (tertiary/aromatic N) is 4. The van der Waals surface area contributed by atoms with Crippen LogP contribution >= 0.6 is 0 Å². The number of nitrogens with one attached hydrogen (secondary N) is 1. The van der Waals surface area contributed by atoms with Gasteiger partial charge >= 0.3 is 0 Å². The first-order valence-electron chi connectivity index (χ1n) is 8.81. The molecule has 1 aromatic carbocycles. The zero-order valence-corrected chi connectivity index (χ0v) is 15.3. The van der Waals surface area contributed by atoms with E-state index in [4.69, 9.17) is 0 Å². The number of anilines is 1. The van der Waals surface area contributed by atoms with E-state index in [0.29, 0.717) is 19.1 Å². The van der Waals surface area contributed by atoms with Gasteiger partial charge in [-0.05, 0) is 26.5 Å². The summed E-state index contributed by atoms with van der Waals surface area (Å²) < 4.78 is 1.83. The summed E-state index contributed by atoms with van der Waals surface area (Å²) in [7, 11) is 2.12. The van der Waals surface area contributed by atoms with Crippen LogP contribution in [-0.2, 0) is 11.3 Å². The van der Waals surface area contributed by atoms with Crippen molar-refractivity contribution in [2.24, 2.45) is 0 Å². The molecule has 1 N–H and O–H groups in total.